The second-order valence-electron chi connectivity index (χ2n) is 8.58. The van der Waals surface area contributed by atoms with Crippen molar-refractivity contribution in [3.8, 4) is 0 Å². The number of carbonyl (C=O) groups is 1. The van der Waals surface area contributed by atoms with Gasteiger partial charge in [-0.15, -0.1) is 0 Å². The summed E-state index contributed by atoms with van der Waals surface area (Å²) in [5.74, 6) is 0.139. The number of hydrogen-bond donors (Lipinski definition) is 1. The van der Waals surface area contributed by atoms with E-state index in [0.29, 0.717) is 19.6 Å². The number of aliphatic hydroxyl groups is 1. The Labute approximate surface area is 156 Å². The van der Waals surface area contributed by atoms with Crippen molar-refractivity contribution in [3.05, 3.63) is 30.3 Å². The molecule has 1 atom stereocenters. The maximum atomic E-state index is 12.8. The molecule has 4 rings (SSSR count). The molecule has 1 aromatic rings. The largest absolute Gasteiger partial charge is 0.387 e. The van der Waals surface area contributed by atoms with Crippen LogP contribution in [0.3, 0.4) is 0 Å². The number of benzene rings is 1. The molecule has 0 radical (unpaired) electrons. The SMILES string of the molecule is CN1CCC(O)(CN2CCN(c3ccccc3)CC2=O)C2(CCCC2)C1. The Morgan fingerprint density at radius 3 is 2.46 bits per heavy atom. The van der Waals surface area contributed by atoms with Crippen molar-refractivity contribution < 1.29 is 9.90 Å². The molecule has 26 heavy (non-hydrogen) atoms. The zero-order valence-corrected chi connectivity index (χ0v) is 15.9. The Morgan fingerprint density at radius 2 is 1.77 bits per heavy atom. The van der Waals surface area contributed by atoms with E-state index in [1.807, 2.05) is 23.1 Å². The van der Waals surface area contributed by atoms with Gasteiger partial charge in [0.05, 0.1) is 18.7 Å². The Balaban J connectivity index is 1.46. The molecule has 2 heterocycles. The quantitative estimate of drug-likeness (QED) is 0.898. The van der Waals surface area contributed by atoms with E-state index in [4.69, 9.17) is 0 Å². The Bertz CT molecular complexity index is 644. The lowest BCUT2D eigenvalue weighted by Crippen LogP contribution is -2.64. The molecule has 0 bridgehead atoms. The van der Waals surface area contributed by atoms with Crippen LogP contribution in [0.1, 0.15) is 32.1 Å². The fourth-order valence-electron chi connectivity index (χ4n) is 5.36. The summed E-state index contributed by atoms with van der Waals surface area (Å²) in [4.78, 5) is 19.2. The first-order valence-corrected chi connectivity index (χ1v) is 10.0. The van der Waals surface area contributed by atoms with Gasteiger partial charge in [0.2, 0.25) is 5.91 Å². The number of anilines is 1. The highest BCUT2D eigenvalue weighted by atomic mass is 16.3. The monoisotopic (exact) mass is 357 g/mol. The number of likely N-dealkylation sites (tertiary alicyclic amines) is 1. The number of piperazine rings is 1. The first-order valence-electron chi connectivity index (χ1n) is 10.0. The van der Waals surface area contributed by atoms with Gasteiger partial charge in [0.15, 0.2) is 0 Å². The van der Waals surface area contributed by atoms with Gasteiger partial charge in [0, 0.05) is 37.3 Å². The van der Waals surface area contributed by atoms with Crippen molar-refractivity contribution in [1.29, 1.82) is 0 Å². The lowest BCUT2D eigenvalue weighted by Gasteiger charge is -2.53. The number of β-amino-alcohol motifs (C(OH)–C–C–N with tert-alkyl or cyclic N) is 1. The molecule has 1 spiro atoms. The summed E-state index contributed by atoms with van der Waals surface area (Å²) in [6.45, 7) is 4.31. The molecule has 1 aromatic carbocycles. The van der Waals surface area contributed by atoms with Crippen LogP contribution in [-0.4, -0.2) is 72.7 Å². The zero-order valence-electron chi connectivity index (χ0n) is 15.9. The lowest BCUT2D eigenvalue weighted by atomic mass is 9.65. The minimum atomic E-state index is -0.736. The molecule has 2 saturated heterocycles. The van der Waals surface area contributed by atoms with E-state index in [-0.39, 0.29) is 11.3 Å². The summed E-state index contributed by atoms with van der Waals surface area (Å²) in [6, 6.07) is 10.1. The molecule has 1 amide bonds. The molecular weight excluding hydrogens is 326 g/mol. The number of para-hydroxylation sites is 1. The number of amides is 1. The smallest absolute Gasteiger partial charge is 0.242 e. The van der Waals surface area contributed by atoms with Crippen molar-refractivity contribution in [1.82, 2.24) is 9.80 Å². The topological polar surface area (TPSA) is 47.0 Å². The molecule has 1 aliphatic carbocycles. The highest BCUT2D eigenvalue weighted by molar-refractivity contribution is 5.83. The van der Waals surface area contributed by atoms with Gasteiger partial charge in [-0.1, -0.05) is 31.0 Å². The second kappa shape index (κ2) is 6.86. The Hall–Kier alpha value is -1.59. The van der Waals surface area contributed by atoms with Crippen LogP contribution in [0.5, 0.6) is 0 Å². The van der Waals surface area contributed by atoms with Gasteiger partial charge in [-0.3, -0.25) is 4.79 Å². The standard InChI is InChI=1S/C21H31N3O2/c1-22-12-11-21(26,20(16-22)9-5-6-10-20)17-24-14-13-23(15-19(24)25)18-7-3-2-4-8-18/h2-4,7-8,26H,5-6,9-17H2,1H3. The van der Waals surface area contributed by atoms with Crippen molar-refractivity contribution in [3.63, 3.8) is 0 Å². The van der Waals surface area contributed by atoms with Crippen LogP contribution in [0.15, 0.2) is 30.3 Å². The van der Waals surface area contributed by atoms with Crippen LogP contribution in [-0.2, 0) is 4.79 Å². The summed E-state index contributed by atoms with van der Waals surface area (Å²) in [5, 5.41) is 11.7. The molecule has 1 N–H and O–H groups in total. The van der Waals surface area contributed by atoms with Gasteiger partial charge >= 0.3 is 0 Å². The maximum absolute atomic E-state index is 12.8. The van der Waals surface area contributed by atoms with E-state index >= 15 is 0 Å². The summed E-state index contributed by atoms with van der Waals surface area (Å²) in [5.41, 5.74) is 0.336. The van der Waals surface area contributed by atoms with Crippen molar-refractivity contribution >= 4 is 11.6 Å². The minimum absolute atomic E-state index is 0.0309. The first kappa shape index (κ1) is 17.8. The number of rotatable bonds is 3. The third kappa shape index (κ3) is 3.12. The minimum Gasteiger partial charge on any atom is -0.387 e. The van der Waals surface area contributed by atoms with Gasteiger partial charge < -0.3 is 19.8 Å². The third-order valence-corrected chi connectivity index (χ3v) is 6.92. The number of piperidine rings is 1. The zero-order chi connectivity index (χ0) is 18.2. The van der Waals surface area contributed by atoms with Crippen LogP contribution in [0.4, 0.5) is 5.69 Å². The number of carbonyl (C=O) groups excluding carboxylic acids is 1. The van der Waals surface area contributed by atoms with E-state index in [0.717, 1.165) is 44.6 Å². The highest BCUT2D eigenvalue weighted by Gasteiger charge is 2.55. The van der Waals surface area contributed by atoms with Gasteiger partial charge in [-0.25, -0.2) is 0 Å². The molecule has 3 fully saturated rings. The first-order chi connectivity index (χ1) is 12.5. The Kier molecular flexibility index (Phi) is 4.70. The van der Waals surface area contributed by atoms with E-state index in [1.54, 1.807) is 0 Å². The van der Waals surface area contributed by atoms with Crippen molar-refractivity contribution in [2.75, 3.05) is 51.2 Å². The molecule has 2 aliphatic heterocycles. The molecule has 142 valence electrons. The van der Waals surface area contributed by atoms with E-state index < -0.39 is 5.60 Å². The predicted octanol–water partition coefficient (Wildman–Crippen LogP) is 1.96. The van der Waals surface area contributed by atoms with E-state index in [9.17, 15) is 9.90 Å². The molecule has 5 nitrogen and oxygen atoms in total. The van der Waals surface area contributed by atoms with Crippen LogP contribution in [0, 0.1) is 5.41 Å². The molecule has 1 unspecified atom stereocenters. The second-order valence-corrected chi connectivity index (χ2v) is 8.58. The number of hydrogen-bond acceptors (Lipinski definition) is 4. The summed E-state index contributed by atoms with van der Waals surface area (Å²) in [7, 11) is 2.16. The summed E-state index contributed by atoms with van der Waals surface area (Å²) < 4.78 is 0. The molecule has 1 saturated carbocycles. The van der Waals surface area contributed by atoms with Gasteiger partial charge in [0.25, 0.3) is 0 Å². The Morgan fingerprint density at radius 1 is 1.04 bits per heavy atom. The van der Waals surface area contributed by atoms with Gasteiger partial charge in [0.1, 0.15) is 0 Å². The van der Waals surface area contributed by atoms with Gasteiger partial charge in [-0.2, -0.15) is 0 Å². The van der Waals surface area contributed by atoms with Crippen LogP contribution in [0.2, 0.25) is 0 Å². The fourth-order valence-corrected chi connectivity index (χ4v) is 5.36. The van der Waals surface area contributed by atoms with Gasteiger partial charge in [-0.05, 0) is 38.4 Å². The molecular formula is C21H31N3O2. The molecule has 0 aromatic heterocycles. The average Bonchev–Trinajstić information content (AvgIpc) is 3.11. The normalized spacial score (nSPS) is 29.5. The van der Waals surface area contributed by atoms with Crippen LogP contribution < -0.4 is 4.90 Å². The molecule has 5 heteroatoms. The van der Waals surface area contributed by atoms with Crippen molar-refractivity contribution in [2.24, 2.45) is 5.41 Å². The third-order valence-electron chi connectivity index (χ3n) is 6.92. The molecule has 3 aliphatic rings. The van der Waals surface area contributed by atoms with Crippen molar-refractivity contribution in [2.45, 2.75) is 37.7 Å². The highest BCUT2D eigenvalue weighted by Crippen LogP contribution is 2.51. The average molecular weight is 357 g/mol. The van der Waals surface area contributed by atoms with E-state index in [2.05, 4.69) is 29.0 Å². The van der Waals surface area contributed by atoms with E-state index in [1.165, 1.54) is 12.8 Å². The lowest BCUT2D eigenvalue weighted by molar-refractivity contribution is -0.157. The van der Waals surface area contributed by atoms with Crippen LogP contribution in [0.25, 0.3) is 0 Å². The maximum Gasteiger partial charge on any atom is 0.242 e. The summed E-state index contributed by atoms with van der Waals surface area (Å²) in [6.07, 6.45) is 5.35. The summed E-state index contributed by atoms with van der Waals surface area (Å²) >= 11 is 0. The van der Waals surface area contributed by atoms with Crippen LogP contribution >= 0.6 is 0 Å². The predicted molar refractivity (Wildman–Crippen MR) is 103 cm³/mol. The fraction of sp³-hybridized carbons (Fsp3) is 0.667. The number of nitrogens with zero attached hydrogens (tertiary/aromatic N) is 3.